The van der Waals surface area contributed by atoms with Gasteiger partial charge in [-0.3, -0.25) is 4.79 Å². The molecule has 232 valence electrons. The maximum atomic E-state index is 14.0. The Labute approximate surface area is 248 Å². The highest BCUT2D eigenvalue weighted by atomic mass is 32.2. The van der Waals surface area contributed by atoms with Crippen LogP contribution in [0.3, 0.4) is 0 Å². The third-order valence-electron chi connectivity index (χ3n) is 7.47. The number of hydrogen-bond acceptors (Lipinski definition) is 8. The maximum absolute atomic E-state index is 14.0. The predicted octanol–water partition coefficient (Wildman–Crippen LogP) is 4.51. The molecule has 1 aromatic carbocycles. The third-order valence-corrected chi connectivity index (χ3v) is 9.33. The van der Waals surface area contributed by atoms with Crippen molar-refractivity contribution < 1.29 is 22.6 Å². The van der Waals surface area contributed by atoms with Crippen LogP contribution < -0.4 is 10.3 Å². The molecule has 1 N–H and O–H groups in total. The van der Waals surface area contributed by atoms with Crippen molar-refractivity contribution in [1.82, 2.24) is 23.9 Å². The molecule has 2 aromatic heterocycles. The number of nitrogens with one attached hydrogen (secondary N) is 1. The van der Waals surface area contributed by atoms with Crippen molar-refractivity contribution >= 4 is 15.5 Å². The number of nitrogens with zero attached hydrogens (tertiary/aromatic N) is 4. The molecule has 1 unspecified atom stereocenters. The molecule has 3 heterocycles. The van der Waals surface area contributed by atoms with Gasteiger partial charge in [0.05, 0.1) is 28.9 Å². The van der Waals surface area contributed by atoms with E-state index in [0.29, 0.717) is 74.2 Å². The molecule has 1 saturated heterocycles. The summed E-state index contributed by atoms with van der Waals surface area (Å²) in [5, 5.41) is 4.76. The van der Waals surface area contributed by atoms with E-state index in [9.17, 15) is 13.2 Å². The molecule has 0 spiro atoms. The monoisotopic (exact) mass is 603 g/mol. The van der Waals surface area contributed by atoms with Crippen LogP contribution in [0.4, 0.5) is 0 Å². The second-order valence-electron chi connectivity index (χ2n) is 10.6. The molecule has 12 heteroatoms. The zero-order chi connectivity index (χ0) is 30.1. The Kier molecular flexibility index (Phi) is 11.5. The van der Waals surface area contributed by atoms with Gasteiger partial charge in [0.1, 0.15) is 11.6 Å². The number of fused-ring (bicyclic) bond motifs is 1. The smallest absolute Gasteiger partial charge is 0.277 e. The molecular weight excluding hydrogens is 558 g/mol. The average molecular weight is 604 g/mol. The fourth-order valence-electron chi connectivity index (χ4n) is 5.33. The lowest BCUT2D eigenvalue weighted by molar-refractivity contribution is 0.0894. The second kappa shape index (κ2) is 15.1. The fraction of sp³-hybridized carbons (Fsp3) is 0.633. The lowest BCUT2D eigenvalue weighted by Crippen LogP contribution is -2.38. The van der Waals surface area contributed by atoms with E-state index in [-0.39, 0.29) is 28.9 Å². The molecule has 1 aliphatic rings. The van der Waals surface area contributed by atoms with Gasteiger partial charge in [0.15, 0.2) is 11.3 Å². The zero-order valence-electron chi connectivity index (χ0n) is 25.4. The van der Waals surface area contributed by atoms with Crippen LogP contribution in [0.5, 0.6) is 5.75 Å². The minimum Gasteiger partial charge on any atom is -0.493 e. The first-order valence-corrected chi connectivity index (χ1v) is 16.7. The third kappa shape index (κ3) is 7.58. The van der Waals surface area contributed by atoms with Crippen molar-refractivity contribution in [2.75, 3.05) is 39.5 Å². The van der Waals surface area contributed by atoms with Gasteiger partial charge in [0.25, 0.3) is 5.56 Å². The van der Waals surface area contributed by atoms with Gasteiger partial charge in [-0.2, -0.15) is 4.31 Å². The molecule has 1 aliphatic heterocycles. The quantitative estimate of drug-likeness (QED) is 0.223. The normalized spacial score (nSPS) is 15.7. The predicted molar refractivity (Wildman–Crippen MR) is 162 cm³/mol. The molecule has 0 amide bonds. The number of sulfonamides is 1. The van der Waals surface area contributed by atoms with Crippen LogP contribution >= 0.6 is 0 Å². The summed E-state index contributed by atoms with van der Waals surface area (Å²) >= 11 is 0. The zero-order valence-corrected chi connectivity index (χ0v) is 26.2. The number of rotatable bonds is 17. The van der Waals surface area contributed by atoms with Crippen LogP contribution in [0.25, 0.3) is 16.9 Å². The number of aryl methyl sites for hydroxylation is 2. The second-order valence-corrected chi connectivity index (χ2v) is 12.6. The Bertz CT molecular complexity index is 1480. The van der Waals surface area contributed by atoms with Crippen LogP contribution in [0, 0.1) is 6.92 Å². The molecule has 0 radical (unpaired) electrons. The van der Waals surface area contributed by atoms with Crippen LogP contribution in [0.2, 0.25) is 0 Å². The minimum absolute atomic E-state index is 0.0970. The van der Waals surface area contributed by atoms with Crippen molar-refractivity contribution in [2.45, 2.75) is 90.1 Å². The van der Waals surface area contributed by atoms with E-state index in [0.717, 1.165) is 38.5 Å². The Morgan fingerprint density at radius 1 is 1.14 bits per heavy atom. The summed E-state index contributed by atoms with van der Waals surface area (Å²) in [4.78, 5) is 20.9. The van der Waals surface area contributed by atoms with Gasteiger partial charge in [-0.05, 0) is 64.7 Å². The first kappa shape index (κ1) is 32.1. The molecule has 3 aromatic rings. The first-order valence-electron chi connectivity index (χ1n) is 15.2. The van der Waals surface area contributed by atoms with E-state index < -0.39 is 10.0 Å². The highest BCUT2D eigenvalue weighted by Gasteiger charge is 2.30. The molecule has 4 rings (SSSR count). The van der Waals surface area contributed by atoms with Gasteiger partial charge >= 0.3 is 0 Å². The number of aromatic amines is 1. The van der Waals surface area contributed by atoms with Crippen LogP contribution in [0.15, 0.2) is 27.9 Å². The summed E-state index contributed by atoms with van der Waals surface area (Å²) in [6.45, 7) is 10.4. The maximum Gasteiger partial charge on any atom is 0.277 e. The molecular formula is C30H45N5O6S. The van der Waals surface area contributed by atoms with Gasteiger partial charge in [-0.15, -0.1) is 5.10 Å². The largest absolute Gasteiger partial charge is 0.493 e. The van der Waals surface area contributed by atoms with E-state index >= 15 is 0 Å². The summed E-state index contributed by atoms with van der Waals surface area (Å²) in [6.07, 6.45) is 7.13. The van der Waals surface area contributed by atoms with Crippen molar-refractivity contribution in [1.29, 1.82) is 0 Å². The summed E-state index contributed by atoms with van der Waals surface area (Å²) in [6, 6.07) is 4.72. The number of H-pyrrole nitrogens is 1. The number of hydrogen-bond donors (Lipinski definition) is 1. The average Bonchev–Trinajstić information content (AvgIpc) is 3.60. The summed E-state index contributed by atoms with van der Waals surface area (Å²) in [5.74, 6) is 1.37. The summed E-state index contributed by atoms with van der Waals surface area (Å²) < 4.78 is 48.2. The molecule has 11 nitrogen and oxygen atoms in total. The molecule has 1 fully saturated rings. The van der Waals surface area contributed by atoms with E-state index in [4.69, 9.17) is 19.3 Å². The van der Waals surface area contributed by atoms with E-state index in [1.54, 1.807) is 29.6 Å². The van der Waals surface area contributed by atoms with Gasteiger partial charge in [-0.25, -0.2) is 17.9 Å². The first-order chi connectivity index (χ1) is 20.3. The van der Waals surface area contributed by atoms with Crippen molar-refractivity contribution in [3.8, 4) is 17.1 Å². The molecule has 42 heavy (non-hydrogen) atoms. The summed E-state index contributed by atoms with van der Waals surface area (Å²) in [5.41, 5.74) is 1.06. The van der Waals surface area contributed by atoms with Gasteiger partial charge < -0.3 is 19.2 Å². The molecule has 0 bridgehead atoms. The lowest BCUT2D eigenvalue weighted by Gasteiger charge is -2.25. The van der Waals surface area contributed by atoms with Crippen LogP contribution in [-0.2, 0) is 25.9 Å². The lowest BCUT2D eigenvalue weighted by atomic mass is 10.1. The Balaban J connectivity index is 1.74. The van der Waals surface area contributed by atoms with Crippen LogP contribution in [0.1, 0.15) is 77.2 Å². The van der Waals surface area contributed by atoms with Gasteiger partial charge in [0.2, 0.25) is 10.0 Å². The number of aromatic nitrogens is 4. The van der Waals surface area contributed by atoms with Crippen molar-refractivity contribution in [3.05, 3.63) is 40.1 Å². The van der Waals surface area contributed by atoms with Crippen molar-refractivity contribution in [3.63, 3.8) is 0 Å². The topological polar surface area (TPSA) is 128 Å². The molecule has 0 saturated carbocycles. The van der Waals surface area contributed by atoms with E-state index in [1.165, 1.54) is 4.31 Å². The highest BCUT2D eigenvalue weighted by molar-refractivity contribution is 7.89. The number of imidazole rings is 1. The van der Waals surface area contributed by atoms with E-state index in [2.05, 4.69) is 16.9 Å². The number of unbranched alkanes of at least 4 members (excludes halogenated alkanes) is 3. The highest BCUT2D eigenvalue weighted by Crippen LogP contribution is 2.32. The van der Waals surface area contributed by atoms with Gasteiger partial charge in [0, 0.05) is 39.3 Å². The fourth-order valence-corrected chi connectivity index (χ4v) is 6.86. The summed E-state index contributed by atoms with van der Waals surface area (Å²) in [7, 11) is -3.91. The number of benzene rings is 1. The molecule has 0 aliphatic carbocycles. The Morgan fingerprint density at radius 3 is 2.69 bits per heavy atom. The van der Waals surface area contributed by atoms with Crippen molar-refractivity contribution in [2.24, 2.45) is 0 Å². The van der Waals surface area contributed by atoms with E-state index in [1.807, 2.05) is 13.8 Å². The minimum atomic E-state index is -3.91. The Morgan fingerprint density at radius 2 is 1.98 bits per heavy atom. The van der Waals surface area contributed by atoms with Gasteiger partial charge in [-0.1, -0.05) is 26.2 Å². The van der Waals surface area contributed by atoms with Crippen LogP contribution in [-0.4, -0.2) is 77.9 Å². The standard InChI is InChI=1S/C30H45N5O6S/c1-5-8-9-10-14-27-31-22(4)28-30(36)32-29(33-35(27)28)25-20-24(15-16-26(25)40-7-3)42(37,38)34(17-12-18-39-6-2)21-23-13-11-19-41-23/h15-16,20,23H,5-14,17-19,21H2,1-4H3,(H,32,33,36). The SMILES string of the molecule is CCCCCCc1nc(C)c2c(=O)[nH]c(-c3cc(S(=O)(=O)N(CCCOCC)CC4CCCO4)ccc3OCC)nn12. The molecule has 1 atom stereocenters. The Hall–Kier alpha value is -2.80. The number of ether oxygens (including phenoxy) is 3.